The first-order valence-electron chi connectivity index (χ1n) is 7.52. The maximum atomic E-state index is 12.0. The molecule has 116 valence electrons. The molecule has 1 saturated heterocycles. The van der Waals surface area contributed by atoms with Crippen LogP contribution >= 0.6 is 0 Å². The van der Waals surface area contributed by atoms with E-state index in [9.17, 15) is 4.79 Å². The molecule has 1 aromatic rings. The van der Waals surface area contributed by atoms with Gasteiger partial charge in [-0.05, 0) is 25.5 Å². The van der Waals surface area contributed by atoms with Gasteiger partial charge < -0.3 is 15.4 Å². The summed E-state index contributed by atoms with van der Waals surface area (Å²) < 4.78 is 5.15. The normalized spacial score (nSPS) is 17.5. The number of anilines is 2. The van der Waals surface area contributed by atoms with Gasteiger partial charge in [0, 0.05) is 26.2 Å². The van der Waals surface area contributed by atoms with Crippen molar-refractivity contribution in [3.63, 3.8) is 0 Å². The standard InChI is InChI=1S/C15H24N4O2/c1-3-13(15(20)21-4-2)18-7-9-19(10-8-18)14-6-5-12(16)11-17-14/h5-6,11,13H,3-4,7-10,16H2,1-2H3. The van der Waals surface area contributed by atoms with Crippen LogP contribution in [-0.4, -0.2) is 54.7 Å². The molecule has 0 spiro atoms. The van der Waals surface area contributed by atoms with Gasteiger partial charge in [-0.1, -0.05) is 6.92 Å². The van der Waals surface area contributed by atoms with Crippen molar-refractivity contribution in [1.29, 1.82) is 0 Å². The van der Waals surface area contributed by atoms with Gasteiger partial charge in [0.25, 0.3) is 0 Å². The van der Waals surface area contributed by atoms with E-state index in [1.807, 2.05) is 26.0 Å². The van der Waals surface area contributed by atoms with Gasteiger partial charge in [-0.2, -0.15) is 0 Å². The molecule has 2 N–H and O–H groups in total. The highest BCUT2D eigenvalue weighted by Gasteiger charge is 2.28. The number of nitrogen functional groups attached to an aromatic ring is 1. The van der Waals surface area contributed by atoms with Crippen LogP contribution in [0.5, 0.6) is 0 Å². The van der Waals surface area contributed by atoms with Gasteiger partial charge in [0.15, 0.2) is 0 Å². The van der Waals surface area contributed by atoms with Crippen molar-refractivity contribution < 1.29 is 9.53 Å². The van der Waals surface area contributed by atoms with Gasteiger partial charge in [0.2, 0.25) is 0 Å². The Bertz CT molecular complexity index is 455. The monoisotopic (exact) mass is 292 g/mol. The second kappa shape index (κ2) is 7.26. The van der Waals surface area contributed by atoms with Crippen LogP contribution in [0.15, 0.2) is 18.3 Å². The Morgan fingerprint density at radius 1 is 1.33 bits per heavy atom. The van der Waals surface area contributed by atoms with Crippen LogP contribution in [0.25, 0.3) is 0 Å². The van der Waals surface area contributed by atoms with Crippen molar-refractivity contribution >= 4 is 17.5 Å². The van der Waals surface area contributed by atoms with Crippen LogP contribution in [0.4, 0.5) is 11.5 Å². The highest BCUT2D eigenvalue weighted by Crippen LogP contribution is 2.17. The average molecular weight is 292 g/mol. The van der Waals surface area contributed by atoms with Crippen molar-refractivity contribution in [3.05, 3.63) is 18.3 Å². The number of hydrogen-bond acceptors (Lipinski definition) is 6. The summed E-state index contributed by atoms with van der Waals surface area (Å²) in [5.41, 5.74) is 6.33. The van der Waals surface area contributed by atoms with Gasteiger partial charge in [-0.3, -0.25) is 9.69 Å². The number of esters is 1. The first kappa shape index (κ1) is 15.6. The molecule has 6 heteroatoms. The van der Waals surface area contributed by atoms with Crippen molar-refractivity contribution in [3.8, 4) is 0 Å². The van der Waals surface area contributed by atoms with E-state index in [1.165, 1.54) is 0 Å². The third kappa shape index (κ3) is 3.85. The number of carbonyl (C=O) groups is 1. The summed E-state index contributed by atoms with van der Waals surface area (Å²) in [5, 5.41) is 0. The molecule has 0 bridgehead atoms. The Labute approximate surface area is 125 Å². The van der Waals surface area contributed by atoms with E-state index < -0.39 is 0 Å². The number of rotatable bonds is 5. The molecule has 1 unspecified atom stereocenters. The van der Waals surface area contributed by atoms with Gasteiger partial charge in [-0.15, -0.1) is 0 Å². The van der Waals surface area contributed by atoms with E-state index in [-0.39, 0.29) is 12.0 Å². The quantitative estimate of drug-likeness (QED) is 0.820. The fourth-order valence-corrected chi connectivity index (χ4v) is 2.66. The number of nitrogens with two attached hydrogens (primary N) is 1. The summed E-state index contributed by atoms with van der Waals surface area (Å²) in [6.45, 7) is 7.68. The minimum atomic E-state index is -0.133. The minimum absolute atomic E-state index is 0.112. The second-order valence-corrected chi connectivity index (χ2v) is 5.15. The Kier molecular flexibility index (Phi) is 5.38. The first-order valence-corrected chi connectivity index (χ1v) is 7.52. The van der Waals surface area contributed by atoms with Crippen LogP contribution in [0.3, 0.4) is 0 Å². The Balaban J connectivity index is 1.92. The van der Waals surface area contributed by atoms with Gasteiger partial charge in [0.1, 0.15) is 11.9 Å². The van der Waals surface area contributed by atoms with Gasteiger partial charge in [-0.25, -0.2) is 4.98 Å². The number of aromatic nitrogens is 1. The zero-order chi connectivity index (χ0) is 15.2. The van der Waals surface area contributed by atoms with Gasteiger partial charge in [0.05, 0.1) is 18.5 Å². The summed E-state index contributed by atoms with van der Waals surface area (Å²) in [6, 6.07) is 3.67. The highest BCUT2D eigenvalue weighted by atomic mass is 16.5. The predicted octanol–water partition coefficient (Wildman–Crippen LogP) is 1.13. The number of carbonyl (C=O) groups excluding carboxylic acids is 1. The van der Waals surface area contributed by atoms with E-state index in [1.54, 1.807) is 6.20 Å². The maximum Gasteiger partial charge on any atom is 0.323 e. The molecule has 1 aromatic heterocycles. The average Bonchev–Trinajstić information content (AvgIpc) is 2.50. The first-order chi connectivity index (χ1) is 10.2. The van der Waals surface area contributed by atoms with Crippen molar-refractivity contribution in [2.75, 3.05) is 43.4 Å². The Morgan fingerprint density at radius 2 is 2.05 bits per heavy atom. The number of ether oxygens (including phenoxy) is 1. The topological polar surface area (TPSA) is 71.7 Å². The lowest BCUT2D eigenvalue weighted by Gasteiger charge is -2.38. The van der Waals surface area contributed by atoms with E-state index in [0.717, 1.165) is 38.4 Å². The van der Waals surface area contributed by atoms with E-state index >= 15 is 0 Å². The minimum Gasteiger partial charge on any atom is -0.465 e. The summed E-state index contributed by atoms with van der Waals surface area (Å²) in [6.07, 6.45) is 2.45. The lowest BCUT2D eigenvalue weighted by Crippen LogP contribution is -2.53. The molecular formula is C15H24N4O2. The number of piperazine rings is 1. The molecule has 1 aliphatic heterocycles. The fraction of sp³-hybridized carbons (Fsp3) is 0.600. The molecular weight excluding hydrogens is 268 g/mol. The van der Waals surface area contributed by atoms with E-state index in [2.05, 4.69) is 14.8 Å². The van der Waals surface area contributed by atoms with Crippen LogP contribution in [0.1, 0.15) is 20.3 Å². The third-order valence-corrected chi connectivity index (χ3v) is 3.80. The number of pyridine rings is 1. The van der Waals surface area contributed by atoms with Crippen molar-refractivity contribution in [2.45, 2.75) is 26.3 Å². The molecule has 0 aliphatic carbocycles. The lowest BCUT2D eigenvalue weighted by molar-refractivity contribution is -0.149. The largest absolute Gasteiger partial charge is 0.465 e. The smallest absolute Gasteiger partial charge is 0.323 e. The van der Waals surface area contributed by atoms with Crippen LogP contribution < -0.4 is 10.6 Å². The number of nitrogens with zero attached hydrogens (tertiary/aromatic N) is 3. The van der Waals surface area contributed by atoms with Crippen LogP contribution in [0, 0.1) is 0 Å². The molecule has 0 saturated carbocycles. The molecule has 1 atom stereocenters. The molecule has 0 radical (unpaired) electrons. The molecule has 1 fully saturated rings. The van der Waals surface area contributed by atoms with E-state index in [4.69, 9.17) is 10.5 Å². The summed E-state index contributed by atoms with van der Waals surface area (Å²) in [7, 11) is 0. The van der Waals surface area contributed by atoms with Crippen molar-refractivity contribution in [1.82, 2.24) is 9.88 Å². The van der Waals surface area contributed by atoms with Crippen LogP contribution in [-0.2, 0) is 9.53 Å². The summed E-state index contributed by atoms with van der Waals surface area (Å²) in [5.74, 6) is 0.826. The zero-order valence-electron chi connectivity index (χ0n) is 12.8. The summed E-state index contributed by atoms with van der Waals surface area (Å²) in [4.78, 5) is 20.7. The lowest BCUT2D eigenvalue weighted by atomic mass is 10.1. The molecule has 2 rings (SSSR count). The Morgan fingerprint density at radius 3 is 2.57 bits per heavy atom. The Hall–Kier alpha value is -1.82. The van der Waals surface area contributed by atoms with Crippen LogP contribution in [0.2, 0.25) is 0 Å². The number of hydrogen-bond donors (Lipinski definition) is 1. The molecule has 0 amide bonds. The zero-order valence-corrected chi connectivity index (χ0v) is 12.8. The maximum absolute atomic E-state index is 12.0. The SMILES string of the molecule is CCOC(=O)C(CC)N1CCN(c2ccc(N)cn2)CC1. The molecule has 21 heavy (non-hydrogen) atoms. The second-order valence-electron chi connectivity index (χ2n) is 5.15. The molecule has 0 aromatic carbocycles. The van der Waals surface area contributed by atoms with Gasteiger partial charge >= 0.3 is 5.97 Å². The molecule has 1 aliphatic rings. The third-order valence-electron chi connectivity index (χ3n) is 3.80. The molecule has 6 nitrogen and oxygen atoms in total. The highest BCUT2D eigenvalue weighted by molar-refractivity contribution is 5.75. The molecule has 2 heterocycles. The van der Waals surface area contributed by atoms with E-state index in [0.29, 0.717) is 12.3 Å². The van der Waals surface area contributed by atoms with Crippen molar-refractivity contribution in [2.24, 2.45) is 0 Å². The predicted molar refractivity (Wildman–Crippen MR) is 83.1 cm³/mol. The summed E-state index contributed by atoms with van der Waals surface area (Å²) >= 11 is 0. The fourth-order valence-electron chi connectivity index (χ4n) is 2.66.